The van der Waals surface area contributed by atoms with Gasteiger partial charge in [0.25, 0.3) is 0 Å². The van der Waals surface area contributed by atoms with Gasteiger partial charge in [-0.3, -0.25) is 0 Å². The molecule has 1 saturated heterocycles. The molecular weight excluding hydrogens is 421 g/mol. The fourth-order valence-electron chi connectivity index (χ4n) is 3.72. The number of anilines is 1. The fourth-order valence-corrected chi connectivity index (χ4v) is 3.72. The van der Waals surface area contributed by atoms with Crippen molar-refractivity contribution >= 4 is 29.3 Å². The Hall–Kier alpha value is -3.30. The van der Waals surface area contributed by atoms with Gasteiger partial charge in [0.1, 0.15) is 17.8 Å². The summed E-state index contributed by atoms with van der Waals surface area (Å²) in [4.78, 5) is 12.9. The minimum atomic E-state index is -0.445. The number of halogens is 2. The van der Waals surface area contributed by atoms with Crippen LogP contribution in [0.15, 0.2) is 48.9 Å². The molecule has 4 aromatic rings. The Labute approximate surface area is 184 Å². The van der Waals surface area contributed by atoms with E-state index < -0.39 is 5.82 Å². The maximum Gasteiger partial charge on any atom is 0.219 e. The number of nitrogens with one attached hydrogen (secondary N) is 1. The molecule has 0 amide bonds. The van der Waals surface area contributed by atoms with Gasteiger partial charge in [-0.25, -0.2) is 24.0 Å². The molecule has 1 unspecified atom stereocenters. The van der Waals surface area contributed by atoms with Crippen molar-refractivity contribution in [1.82, 2.24) is 30.0 Å². The van der Waals surface area contributed by atoms with Crippen molar-refractivity contribution in [2.45, 2.75) is 18.9 Å². The minimum Gasteiger partial charge on any atom is -0.436 e. The maximum atomic E-state index is 13.8. The van der Waals surface area contributed by atoms with Gasteiger partial charge in [0.05, 0.1) is 11.4 Å². The van der Waals surface area contributed by atoms with Crippen LogP contribution < -0.4 is 15.8 Å². The zero-order chi connectivity index (χ0) is 20.5. The third-order valence-corrected chi connectivity index (χ3v) is 5.20. The summed E-state index contributed by atoms with van der Waals surface area (Å²) in [6.07, 6.45) is 5.18. The minimum absolute atomic E-state index is 0. The molecule has 1 fully saturated rings. The van der Waals surface area contributed by atoms with Crippen LogP contribution in [0.1, 0.15) is 18.9 Å². The van der Waals surface area contributed by atoms with Crippen molar-refractivity contribution in [1.29, 1.82) is 0 Å². The Morgan fingerprint density at radius 1 is 1.13 bits per heavy atom. The topological polar surface area (TPSA) is 104 Å². The summed E-state index contributed by atoms with van der Waals surface area (Å²) in [5.41, 5.74) is 8.31. The molecule has 10 heteroatoms. The van der Waals surface area contributed by atoms with Gasteiger partial charge in [0.15, 0.2) is 17.2 Å². The van der Waals surface area contributed by atoms with Gasteiger partial charge in [-0.05, 0) is 37.6 Å². The molecule has 160 valence electrons. The Morgan fingerprint density at radius 2 is 2.00 bits per heavy atom. The number of fused-ring (bicyclic) bond motifs is 1. The van der Waals surface area contributed by atoms with E-state index in [1.54, 1.807) is 30.5 Å². The lowest BCUT2D eigenvalue weighted by Gasteiger charge is -2.23. The number of hydrogen-bond donors (Lipinski definition) is 2. The van der Waals surface area contributed by atoms with Crippen LogP contribution in [0.3, 0.4) is 0 Å². The number of ether oxygens (including phenoxy) is 1. The monoisotopic (exact) mass is 441 g/mol. The smallest absolute Gasteiger partial charge is 0.219 e. The van der Waals surface area contributed by atoms with E-state index in [-0.39, 0.29) is 30.1 Å². The van der Waals surface area contributed by atoms with E-state index in [0.717, 1.165) is 31.5 Å². The molecular formula is C21H21ClFN7O. The zero-order valence-electron chi connectivity index (χ0n) is 16.5. The fraction of sp³-hybridized carbons (Fsp3) is 0.238. The van der Waals surface area contributed by atoms with Crippen molar-refractivity contribution < 1.29 is 9.13 Å². The number of rotatable bonds is 4. The van der Waals surface area contributed by atoms with E-state index in [2.05, 4.69) is 20.3 Å². The highest BCUT2D eigenvalue weighted by Gasteiger charge is 2.23. The second-order valence-electron chi connectivity index (χ2n) is 7.17. The second kappa shape index (κ2) is 8.83. The van der Waals surface area contributed by atoms with Crippen LogP contribution in [0, 0.1) is 5.82 Å². The summed E-state index contributed by atoms with van der Waals surface area (Å²) < 4.78 is 21.3. The second-order valence-corrected chi connectivity index (χ2v) is 7.17. The van der Waals surface area contributed by atoms with E-state index in [0.29, 0.717) is 22.5 Å². The van der Waals surface area contributed by atoms with E-state index >= 15 is 0 Å². The SMILES string of the molecule is Cl.Nc1ncnc2c1c(-c1ccc(Oc3ccccc3F)nc1)nn2C1CCCNC1. The largest absolute Gasteiger partial charge is 0.436 e. The molecule has 31 heavy (non-hydrogen) atoms. The highest BCUT2D eigenvalue weighted by molar-refractivity contribution is 5.98. The van der Waals surface area contributed by atoms with Crippen molar-refractivity contribution in [3.63, 3.8) is 0 Å². The number of pyridine rings is 1. The summed E-state index contributed by atoms with van der Waals surface area (Å²) in [7, 11) is 0. The molecule has 1 aliphatic heterocycles. The summed E-state index contributed by atoms with van der Waals surface area (Å²) in [5, 5.41) is 8.93. The van der Waals surface area contributed by atoms with Crippen LogP contribution in [0.2, 0.25) is 0 Å². The van der Waals surface area contributed by atoms with Crippen molar-refractivity contribution in [2.24, 2.45) is 0 Å². The quantitative estimate of drug-likeness (QED) is 0.497. The van der Waals surface area contributed by atoms with Crippen LogP contribution in [0.4, 0.5) is 10.2 Å². The molecule has 1 aromatic carbocycles. The first-order chi connectivity index (χ1) is 14.7. The van der Waals surface area contributed by atoms with Gasteiger partial charge < -0.3 is 15.8 Å². The van der Waals surface area contributed by atoms with Gasteiger partial charge in [-0.1, -0.05) is 12.1 Å². The van der Waals surface area contributed by atoms with Gasteiger partial charge in [-0.15, -0.1) is 12.4 Å². The average Bonchev–Trinajstić information content (AvgIpc) is 3.18. The van der Waals surface area contributed by atoms with Crippen LogP contribution in [0.25, 0.3) is 22.3 Å². The molecule has 4 heterocycles. The number of aromatic nitrogens is 5. The third-order valence-electron chi connectivity index (χ3n) is 5.20. The lowest BCUT2D eigenvalue weighted by molar-refractivity contribution is 0.354. The van der Waals surface area contributed by atoms with Crippen LogP contribution >= 0.6 is 12.4 Å². The number of piperidine rings is 1. The van der Waals surface area contributed by atoms with Crippen molar-refractivity contribution in [3.05, 3.63) is 54.7 Å². The lowest BCUT2D eigenvalue weighted by Crippen LogP contribution is -2.32. The number of benzene rings is 1. The highest BCUT2D eigenvalue weighted by Crippen LogP contribution is 2.33. The predicted octanol–water partition coefficient (Wildman–Crippen LogP) is 3.75. The van der Waals surface area contributed by atoms with Crippen LogP contribution in [-0.4, -0.2) is 37.8 Å². The third kappa shape index (κ3) is 4.01. The lowest BCUT2D eigenvalue weighted by atomic mass is 10.1. The molecule has 5 rings (SSSR count). The first-order valence-electron chi connectivity index (χ1n) is 9.79. The number of nitrogens with two attached hydrogens (primary N) is 1. The van der Waals surface area contributed by atoms with Gasteiger partial charge >= 0.3 is 0 Å². The van der Waals surface area contributed by atoms with Gasteiger partial charge in [-0.2, -0.15) is 5.10 Å². The normalized spacial score (nSPS) is 16.1. The predicted molar refractivity (Wildman–Crippen MR) is 118 cm³/mol. The molecule has 0 bridgehead atoms. The van der Waals surface area contributed by atoms with E-state index in [1.165, 1.54) is 12.4 Å². The Balaban J connectivity index is 0.00000231. The molecule has 1 atom stereocenters. The van der Waals surface area contributed by atoms with E-state index in [9.17, 15) is 4.39 Å². The van der Waals surface area contributed by atoms with Gasteiger partial charge in [0.2, 0.25) is 5.88 Å². The Morgan fingerprint density at radius 3 is 2.74 bits per heavy atom. The van der Waals surface area contributed by atoms with E-state index in [1.807, 2.05) is 10.7 Å². The highest BCUT2D eigenvalue weighted by atomic mass is 35.5. The molecule has 3 aromatic heterocycles. The first-order valence-corrected chi connectivity index (χ1v) is 9.79. The molecule has 0 spiro atoms. The Bertz CT molecular complexity index is 1190. The van der Waals surface area contributed by atoms with Crippen molar-refractivity contribution in [2.75, 3.05) is 18.8 Å². The number of nitrogen functional groups attached to an aromatic ring is 1. The Kier molecular flexibility index (Phi) is 5.97. The standard InChI is InChI=1S/C21H20FN7O.ClH/c22-15-5-1-2-6-16(15)30-17-8-7-13(10-25-17)19-18-20(23)26-12-27-21(18)29(28-19)14-4-3-9-24-11-14;/h1-2,5-8,10,12,14,24H,3-4,9,11H2,(H2,23,26,27);1H. The number of hydrogen-bond acceptors (Lipinski definition) is 7. The maximum absolute atomic E-state index is 13.8. The summed E-state index contributed by atoms with van der Waals surface area (Å²) in [5.74, 6) is 0.332. The molecule has 0 aliphatic carbocycles. The summed E-state index contributed by atoms with van der Waals surface area (Å²) >= 11 is 0. The molecule has 1 aliphatic rings. The number of para-hydroxylation sites is 1. The van der Waals surface area contributed by atoms with Crippen LogP contribution in [0.5, 0.6) is 11.6 Å². The molecule has 8 nitrogen and oxygen atoms in total. The van der Waals surface area contributed by atoms with E-state index in [4.69, 9.17) is 15.6 Å². The first kappa shape index (κ1) is 21.0. The van der Waals surface area contributed by atoms with Crippen molar-refractivity contribution in [3.8, 4) is 22.9 Å². The zero-order valence-corrected chi connectivity index (χ0v) is 17.3. The molecule has 3 N–H and O–H groups in total. The number of nitrogens with zero attached hydrogens (tertiary/aromatic N) is 5. The van der Waals surface area contributed by atoms with Gasteiger partial charge in [0, 0.05) is 24.4 Å². The average molecular weight is 442 g/mol. The summed E-state index contributed by atoms with van der Waals surface area (Å²) in [6, 6.07) is 9.89. The van der Waals surface area contributed by atoms with Crippen LogP contribution in [-0.2, 0) is 0 Å². The molecule has 0 saturated carbocycles. The molecule has 0 radical (unpaired) electrons. The summed E-state index contributed by atoms with van der Waals surface area (Å²) in [6.45, 7) is 1.83.